The topological polar surface area (TPSA) is 97.7 Å². The van der Waals surface area contributed by atoms with Crippen LogP contribution < -0.4 is 10.2 Å². The lowest BCUT2D eigenvalue weighted by Crippen LogP contribution is -2.48. The lowest BCUT2D eigenvalue weighted by Gasteiger charge is -2.38. The van der Waals surface area contributed by atoms with E-state index in [1.165, 1.54) is 24.8 Å². The summed E-state index contributed by atoms with van der Waals surface area (Å²) < 4.78 is 0. The Morgan fingerprint density at radius 3 is 2.56 bits per heavy atom. The Hall–Kier alpha value is -3.07. The monoisotopic (exact) mass is 459 g/mol. The van der Waals surface area contributed by atoms with E-state index in [-0.39, 0.29) is 5.41 Å². The van der Waals surface area contributed by atoms with Crippen LogP contribution in [-0.2, 0) is 5.41 Å². The highest BCUT2D eigenvalue weighted by atomic mass is 15.3. The number of anilines is 3. The average Bonchev–Trinajstić information content (AvgIpc) is 3.25. The van der Waals surface area contributed by atoms with Crippen molar-refractivity contribution in [2.45, 2.75) is 57.4 Å². The zero-order chi connectivity index (χ0) is 23.1. The van der Waals surface area contributed by atoms with Crippen LogP contribution in [0.15, 0.2) is 34.8 Å². The minimum absolute atomic E-state index is 0.0543. The fraction of sp³-hybridized carbons (Fsp3) is 0.560. The number of aromatic amines is 1. The summed E-state index contributed by atoms with van der Waals surface area (Å²) in [6.45, 7) is 9.53. The Morgan fingerprint density at radius 2 is 1.82 bits per heavy atom. The number of piperazine rings is 1. The molecule has 1 aliphatic carbocycles. The van der Waals surface area contributed by atoms with Crippen LogP contribution in [0, 0.1) is 0 Å². The first-order valence-corrected chi connectivity index (χ1v) is 12.6. The summed E-state index contributed by atoms with van der Waals surface area (Å²) in [5, 5.41) is 12.2. The molecule has 1 spiro atoms. The molecule has 6 rings (SSSR count). The molecule has 3 aromatic rings. The predicted molar refractivity (Wildman–Crippen MR) is 134 cm³/mol. The first-order chi connectivity index (χ1) is 16.6. The number of hydrogen-bond acceptors (Lipinski definition) is 8. The predicted octanol–water partition coefficient (Wildman–Crippen LogP) is 4.93. The molecule has 1 saturated carbocycles. The number of azo groups is 1. The third-order valence-electron chi connectivity index (χ3n) is 7.80. The molecule has 9 nitrogen and oxygen atoms in total. The molecule has 34 heavy (non-hydrogen) atoms. The molecule has 2 N–H and O–H groups in total. The van der Waals surface area contributed by atoms with Crippen LogP contribution in [0.4, 0.5) is 23.3 Å². The van der Waals surface area contributed by atoms with Gasteiger partial charge in [0.2, 0.25) is 5.95 Å². The molecule has 0 atom stereocenters. The summed E-state index contributed by atoms with van der Waals surface area (Å²) in [4.78, 5) is 22.4. The van der Waals surface area contributed by atoms with E-state index in [1.807, 2.05) is 18.5 Å². The van der Waals surface area contributed by atoms with Gasteiger partial charge in [-0.2, -0.15) is 5.11 Å². The minimum atomic E-state index is 0.0543. The summed E-state index contributed by atoms with van der Waals surface area (Å²) in [7, 11) is 0. The van der Waals surface area contributed by atoms with Crippen LogP contribution in [0.25, 0.3) is 11.0 Å². The summed E-state index contributed by atoms with van der Waals surface area (Å²) in [6, 6.07) is 4.75. The van der Waals surface area contributed by atoms with Gasteiger partial charge in [-0.15, -0.1) is 5.11 Å². The molecule has 1 saturated heterocycles. The molecule has 2 fully saturated rings. The van der Waals surface area contributed by atoms with Gasteiger partial charge in [0.25, 0.3) is 0 Å². The van der Waals surface area contributed by atoms with E-state index in [4.69, 9.17) is 4.98 Å². The highest BCUT2D eigenvalue weighted by Gasteiger charge is 2.41. The Balaban J connectivity index is 1.22. The molecule has 0 bridgehead atoms. The number of rotatable bonds is 4. The average molecular weight is 460 g/mol. The van der Waals surface area contributed by atoms with E-state index < -0.39 is 0 Å². The maximum absolute atomic E-state index is 4.92. The molecule has 2 aliphatic heterocycles. The van der Waals surface area contributed by atoms with Gasteiger partial charge in [0, 0.05) is 43.2 Å². The van der Waals surface area contributed by atoms with E-state index >= 15 is 0 Å². The van der Waals surface area contributed by atoms with Crippen molar-refractivity contribution in [3.63, 3.8) is 0 Å². The fourth-order valence-electron chi connectivity index (χ4n) is 5.82. The van der Waals surface area contributed by atoms with Crippen LogP contribution in [-0.4, -0.2) is 63.6 Å². The second kappa shape index (κ2) is 8.61. The zero-order valence-corrected chi connectivity index (χ0v) is 20.1. The maximum Gasteiger partial charge on any atom is 0.229 e. The molecule has 0 unspecified atom stereocenters. The van der Waals surface area contributed by atoms with Crippen molar-refractivity contribution in [2.75, 3.05) is 42.9 Å². The lowest BCUT2D eigenvalue weighted by atomic mass is 9.69. The van der Waals surface area contributed by atoms with Gasteiger partial charge in [-0.1, -0.05) is 19.3 Å². The largest absolute Gasteiger partial charge is 0.368 e. The second-order valence-electron chi connectivity index (χ2n) is 10.2. The number of nitrogens with one attached hydrogen (secondary N) is 2. The van der Waals surface area contributed by atoms with Crippen molar-refractivity contribution in [3.8, 4) is 0 Å². The number of H-pyrrole nitrogens is 1. The molecule has 0 radical (unpaired) electrons. The molecule has 3 aliphatic rings. The van der Waals surface area contributed by atoms with Gasteiger partial charge in [-0.3, -0.25) is 4.90 Å². The lowest BCUT2D eigenvalue weighted by molar-refractivity contribution is 0.209. The highest BCUT2D eigenvalue weighted by Crippen LogP contribution is 2.48. The van der Waals surface area contributed by atoms with Crippen LogP contribution in [0.2, 0.25) is 0 Å². The summed E-state index contributed by atoms with van der Waals surface area (Å²) in [5.74, 6) is 2.17. The molecule has 0 aromatic carbocycles. The van der Waals surface area contributed by atoms with Crippen LogP contribution in [0.5, 0.6) is 0 Å². The molecule has 3 aromatic heterocycles. The van der Waals surface area contributed by atoms with Gasteiger partial charge in [0.15, 0.2) is 5.82 Å². The summed E-state index contributed by atoms with van der Waals surface area (Å²) in [5.41, 5.74) is 4.33. The maximum atomic E-state index is 4.92. The van der Waals surface area contributed by atoms with Crippen LogP contribution >= 0.6 is 0 Å². The summed E-state index contributed by atoms with van der Waals surface area (Å²) >= 11 is 0. The number of hydrogen-bond donors (Lipinski definition) is 2. The minimum Gasteiger partial charge on any atom is -0.368 e. The molecule has 5 heterocycles. The molecule has 0 amide bonds. The van der Waals surface area contributed by atoms with E-state index in [1.54, 1.807) is 0 Å². The van der Waals surface area contributed by atoms with Crippen molar-refractivity contribution in [1.82, 2.24) is 24.8 Å². The number of fused-ring (bicyclic) bond motifs is 4. The van der Waals surface area contributed by atoms with E-state index in [9.17, 15) is 0 Å². The van der Waals surface area contributed by atoms with Crippen molar-refractivity contribution >= 4 is 34.3 Å². The zero-order valence-electron chi connectivity index (χ0n) is 20.1. The van der Waals surface area contributed by atoms with Gasteiger partial charge >= 0.3 is 0 Å². The van der Waals surface area contributed by atoms with E-state index in [2.05, 4.69) is 60.2 Å². The molecule has 178 valence electrons. The Morgan fingerprint density at radius 1 is 1.00 bits per heavy atom. The number of nitrogens with zero attached hydrogens (tertiary/aromatic N) is 7. The molecule has 9 heteroatoms. The normalized spacial score (nSPS) is 20.3. The van der Waals surface area contributed by atoms with Gasteiger partial charge in [0.1, 0.15) is 5.82 Å². The second-order valence-corrected chi connectivity index (χ2v) is 10.2. The molecular formula is C25H33N9. The number of pyridine rings is 1. The smallest absolute Gasteiger partial charge is 0.229 e. The first-order valence-electron chi connectivity index (χ1n) is 12.6. The first kappa shape index (κ1) is 21.5. The summed E-state index contributed by atoms with van der Waals surface area (Å²) in [6.07, 6.45) is 9.86. The SMILES string of the molecule is CC(C)N1CCN(c2ccc(Nc3ncc4[nH]c5c(c4n3)C3(CCCCC3)CN=N5)nc2)CC1. The Labute approximate surface area is 200 Å². The Kier molecular flexibility index (Phi) is 5.44. The quantitative estimate of drug-likeness (QED) is 0.574. The third-order valence-corrected chi connectivity index (χ3v) is 7.80. The van der Waals surface area contributed by atoms with Gasteiger partial charge in [-0.05, 0) is 38.8 Å². The van der Waals surface area contributed by atoms with Crippen molar-refractivity contribution < 1.29 is 0 Å². The molecular weight excluding hydrogens is 426 g/mol. The van der Waals surface area contributed by atoms with Crippen molar-refractivity contribution in [3.05, 3.63) is 30.1 Å². The van der Waals surface area contributed by atoms with Crippen LogP contribution in [0.3, 0.4) is 0 Å². The van der Waals surface area contributed by atoms with Gasteiger partial charge in [-0.25, -0.2) is 15.0 Å². The van der Waals surface area contributed by atoms with Crippen molar-refractivity contribution in [2.24, 2.45) is 10.2 Å². The van der Waals surface area contributed by atoms with Gasteiger partial charge < -0.3 is 15.2 Å². The standard InChI is InChI=1S/C25H33N9/c1-17(2)33-10-12-34(13-11-33)18-6-7-20(26-14-18)30-24-27-15-19-22(31-24)21-23(29-19)32-28-16-25(21)8-4-3-5-9-25/h6-7,14-15,17,29H,3-5,8-13,16H2,1-2H3,(H,26,27,30,31). The van der Waals surface area contributed by atoms with E-state index in [0.717, 1.165) is 73.9 Å². The van der Waals surface area contributed by atoms with Crippen molar-refractivity contribution in [1.29, 1.82) is 0 Å². The Bertz CT molecular complexity index is 1180. The number of aromatic nitrogens is 4. The van der Waals surface area contributed by atoms with E-state index in [0.29, 0.717) is 12.0 Å². The highest BCUT2D eigenvalue weighted by molar-refractivity contribution is 5.86. The fourth-order valence-corrected chi connectivity index (χ4v) is 5.82. The third kappa shape index (κ3) is 3.81. The van der Waals surface area contributed by atoms with Crippen LogP contribution in [0.1, 0.15) is 51.5 Å². The van der Waals surface area contributed by atoms with Gasteiger partial charge in [0.05, 0.1) is 35.7 Å².